The van der Waals surface area contributed by atoms with E-state index in [1.54, 1.807) is 36.4 Å². The van der Waals surface area contributed by atoms with Crippen LogP contribution in [-0.2, 0) is 21.2 Å². The lowest BCUT2D eigenvalue weighted by Crippen LogP contribution is -2.45. The van der Waals surface area contributed by atoms with E-state index >= 15 is 0 Å². The summed E-state index contributed by atoms with van der Waals surface area (Å²) >= 11 is 6.22. The summed E-state index contributed by atoms with van der Waals surface area (Å²) in [5.41, 5.74) is 2.20. The van der Waals surface area contributed by atoms with Gasteiger partial charge in [-0.1, -0.05) is 66.2 Å². The van der Waals surface area contributed by atoms with Gasteiger partial charge in [-0.2, -0.15) is 0 Å². The molecule has 1 unspecified atom stereocenters. The van der Waals surface area contributed by atoms with Crippen LogP contribution in [0.2, 0.25) is 5.02 Å². The lowest BCUT2D eigenvalue weighted by atomic mass is 9.77. The second-order valence-electron chi connectivity index (χ2n) is 11.3. The van der Waals surface area contributed by atoms with Gasteiger partial charge in [-0.3, -0.25) is 4.79 Å². The van der Waals surface area contributed by atoms with E-state index in [0.717, 1.165) is 56.4 Å². The molecule has 5 rings (SSSR count). The van der Waals surface area contributed by atoms with Crippen LogP contribution >= 0.6 is 24.0 Å². The number of carbonyl (C=O) groups is 2. The summed E-state index contributed by atoms with van der Waals surface area (Å²) in [6.45, 7) is 3.67. The van der Waals surface area contributed by atoms with Crippen LogP contribution in [0.15, 0.2) is 83.8 Å². The minimum Gasteiger partial charge on any atom is -0.338 e. The Kier molecular flexibility index (Phi) is 10.8. The Labute approximate surface area is 265 Å². The highest BCUT2D eigenvalue weighted by Crippen LogP contribution is 2.42. The van der Waals surface area contributed by atoms with Gasteiger partial charge in [0, 0.05) is 25.9 Å². The molecule has 0 bridgehead atoms. The molecule has 11 heteroatoms. The zero-order valence-electron chi connectivity index (χ0n) is 24.2. The lowest BCUT2D eigenvalue weighted by Gasteiger charge is -2.38. The van der Waals surface area contributed by atoms with Crippen LogP contribution in [0.25, 0.3) is 0 Å². The minimum atomic E-state index is -3.25. The minimum absolute atomic E-state index is 0. The third kappa shape index (κ3) is 8.09. The van der Waals surface area contributed by atoms with Crippen molar-refractivity contribution in [3.63, 3.8) is 0 Å². The molecule has 0 saturated carbocycles. The predicted octanol–water partition coefficient (Wildman–Crippen LogP) is 5.93. The van der Waals surface area contributed by atoms with Gasteiger partial charge in [-0.25, -0.2) is 13.2 Å². The third-order valence-electron chi connectivity index (χ3n) is 8.50. The van der Waals surface area contributed by atoms with Gasteiger partial charge in [0.1, 0.15) is 0 Å². The van der Waals surface area contributed by atoms with Crippen molar-refractivity contribution in [2.45, 2.75) is 43.2 Å². The first-order valence-electron chi connectivity index (χ1n) is 14.3. The molecule has 2 saturated heterocycles. The highest BCUT2D eigenvalue weighted by Gasteiger charge is 2.47. The smallest absolute Gasteiger partial charge is 0.319 e. The maximum Gasteiger partial charge on any atom is 0.319 e. The van der Waals surface area contributed by atoms with E-state index < -0.39 is 9.84 Å². The van der Waals surface area contributed by atoms with Crippen molar-refractivity contribution >= 4 is 51.5 Å². The number of sulfone groups is 1. The molecule has 3 aromatic rings. The summed E-state index contributed by atoms with van der Waals surface area (Å²) in [4.78, 5) is 31.0. The Hall–Kier alpha value is -3.11. The average molecular weight is 646 g/mol. The van der Waals surface area contributed by atoms with Crippen molar-refractivity contribution < 1.29 is 18.0 Å². The highest BCUT2D eigenvalue weighted by atomic mass is 35.5. The second kappa shape index (κ2) is 14.1. The molecule has 3 aromatic carbocycles. The summed E-state index contributed by atoms with van der Waals surface area (Å²) < 4.78 is 23.5. The number of benzene rings is 3. The summed E-state index contributed by atoms with van der Waals surface area (Å²) in [7, 11) is -3.25. The van der Waals surface area contributed by atoms with Crippen LogP contribution in [0.3, 0.4) is 0 Å². The molecule has 0 aromatic heterocycles. The number of piperidine rings is 1. The summed E-state index contributed by atoms with van der Waals surface area (Å²) in [6, 6.07) is 23.4. The highest BCUT2D eigenvalue weighted by molar-refractivity contribution is 7.90. The molecule has 8 nitrogen and oxygen atoms in total. The molecule has 1 atom stereocenters. The van der Waals surface area contributed by atoms with E-state index in [4.69, 9.17) is 11.6 Å². The molecule has 0 aliphatic carbocycles. The SMILES string of the molecule is CS(=O)(=O)c1ccc(CN2CCC3(CCN(CCC(NC(=O)Nc4ccccc4Cl)c4ccccc4)CC3)C2=O)cc1.Cl. The van der Waals surface area contributed by atoms with Gasteiger partial charge >= 0.3 is 6.03 Å². The number of rotatable bonds is 9. The van der Waals surface area contributed by atoms with Gasteiger partial charge in [0.25, 0.3) is 0 Å². The van der Waals surface area contributed by atoms with Gasteiger partial charge < -0.3 is 20.4 Å². The zero-order chi connectivity index (χ0) is 29.7. The molecule has 43 heavy (non-hydrogen) atoms. The first kappa shape index (κ1) is 32.8. The van der Waals surface area contributed by atoms with E-state index in [1.165, 1.54) is 6.26 Å². The molecule has 0 radical (unpaired) electrons. The molecule has 230 valence electrons. The molecule has 1 spiro atoms. The number of amides is 3. The van der Waals surface area contributed by atoms with Gasteiger partial charge in [0.15, 0.2) is 9.84 Å². The van der Waals surface area contributed by atoms with Gasteiger partial charge in [0.2, 0.25) is 5.91 Å². The van der Waals surface area contributed by atoms with Gasteiger partial charge in [-0.05, 0) is 74.2 Å². The molecule has 2 aliphatic rings. The number of anilines is 1. The number of halogens is 2. The molecular formula is C32H38Cl2N4O4S. The van der Waals surface area contributed by atoms with E-state index in [9.17, 15) is 18.0 Å². The zero-order valence-corrected chi connectivity index (χ0v) is 26.6. The fourth-order valence-electron chi connectivity index (χ4n) is 5.97. The Morgan fingerprint density at radius 2 is 1.56 bits per heavy atom. The molecule has 2 aliphatic heterocycles. The number of urea groups is 1. The van der Waals surface area contributed by atoms with Crippen molar-refractivity contribution in [1.29, 1.82) is 0 Å². The van der Waals surface area contributed by atoms with E-state index in [-0.39, 0.29) is 40.7 Å². The van der Waals surface area contributed by atoms with Crippen molar-refractivity contribution in [3.8, 4) is 0 Å². The maximum atomic E-state index is 13.5. The molecule has 2 fully saturated rings. The Bertz CT molecular complexity index is 1510. The predicted molar refractivity (Wildman–Crippen MR) is 172 cm³/mol. The standard InChI is InChI=1S/C32H37ClN4O4S.ClH/c1-42(40,41)26-13-11-24(12-14-26)23-37-22-18-32(30(37)38)16-20-36(21-17-32)19-15-28(25-7-3-2-4-8-25)34-31(39)35-29-10-6-5-9-27(29)33;/h2-14,28H,15-23H2,1H3,(H2,34,35,39);1H. The lowest BCUT2D eigenvalue weighted by molar-refractivity contribution is -0.138. The van der Waals surface area contributed by atoms with Gasteiger partial charge in [0.05, 0.1) is 27.1 Å². The first-order valence-corrected chi connectivity index (χ1v) is 16.6. The number of nitrogens with zero attached hydrogens (tertiary/aromatic N) is 2. The summed E-state index contributed by atoms with van der Waals surface area (Å²) in [6.07, 6.45) is 4.39. The first-order chi connectivity index (χ1) is 20.1. The third-order valence-corrected chi connectivity index (χ3v) is 9.96. The van der Waals surface area contributed by atoms with Crippen molar-refractivity contribution in [2.24, 2.45) is 5.41 Å². The van der Waals surface area contributed by atoms with Crippen LogP contribution in [0.5, 0.6) is 0 Å². The largest absolute Gasteiger partial charge is 0.338 e. The summed E-state index contributed by atoms with van der Waals surface area (Å²) in [5.74, 6) is 0.203. The molecule has 3 amide bonds. The fraction of sp³-hybridized carbons (Fsp3) is 0.375. The Morgan fingerprint density at radius 1 is 0.930 bits per heavy atom. The Morgan fingerprint density at radius 3 is 2.21 bits per heavy atom. The average Bonchev–Trinajstić information content (AvgIpc) is 3.27. The fourth-order valence-corrected chi connectivity index (χ4v) is 6.79. The van der Waals surface area contributed by atoms with E-state index in [1.807, 2.05) is 47.4 Å². The van der Waals surface area contributed by atoms with Crippen LogP contribution in [0.1, 0.15) is 42.9 Å². The van der Waals surface area contributed by atoms with Crippen LogP contribution < -0.4 is 10.6 Å². The number of carbonyl (C=O) groups excluding carboxylic acids is 2. The second-order valence-corrected chi connectivity index (χ2v) is 13.8. The van der Waals surface area contributed by atoms with Crippen LogP contribution in [0.4, 0.5) is 10.5 Å². The summed E-state index contributed by atoms with van der Waals surface area (Å²) in [5, 5.41) is 6.45. The van der Waals surface area contributed by atoms with Crippen molar-refractivity contribution in [1.82, 2.24) is 15.1 Å². The quantitative estimate of drug-likeness (QED) is 0.301. The molecule has 2 heterocycles. The number of likely N-dealkylation sites (tertiary alicyclic amines) is 2. The monoisotopic (exact) mass is 644 g/mol. The normalized spacial score (nSPS) is 17.3. The van der Waals surface area contributed by atoms with Crippen LogP contribution in [0, 0.1) is 5.41 Å². The number of para-hydroxylation sites is 1. The van der Waals surface area contributed by atoms with Gasteiger partial charge in [-0.15, -0.1) is 12.4 Å². The number of nitrogens with one attached hydrogen (secondary N) is 2. The van der Waals surface area contributed by atoms with Crippen molar-refractivity contribution in [3.05, 3.63) is 95.0 Å². The maximum absolute atomic E-state index is 13.5. The molecule has 2 N–H and O–H groups in total. The van der Waals surface area contributed by atoms with Crippen LogP contribution in [-0.4, -0.2) is 62.6 Å². The number of hydrogen-bond donors (Lipinski definition) is 2. The number of hydrogen-bond acceptors (Lipinski definition) is 5. The van der Waals surface area contributed by atoms with Crippen molar-refractivity contribution in [2.75, 3.05) is 37.8 Å². The molecular weight excluding hydrogens is 607 g/mol. The van der Waals surface area contributed by atoms with E-state index in [0.29, 0.717) is 23.8 Å². The topological polar surface area (TPSA) is 98.8 Å². The Balaban J connectivity index is 0.00000423. The van der Waals surface area contributed by atoms with E-state index in [2.05, 4.69) is 15.5 Å².